The topological polar surface area (TPSA) is 98.1 Å². The second-order valence-corrected chi connectivity index (χ2v) is 3.97. The fourth-order valence-corrected chi connectivity index (χ4v) is 2.24. The number of aromatic nitrogens is 3. The Morgan fingerprint density at radius 3 is 2.79 bits per heavy atom. The van der Waals surface area contributed by atoms with Crippen LogP contribution in [0.5, 0.6) is 11.5 Å². The average Bonchev–Trinajstić information content (AvgIpc) is 2.84. The molecule has 0 fully saturated rings. The van der Waals surface area contributed by atoms with Crippen LogP contribution in [0.4, 0.5) is 5.82 Å². The van der Waals surface area contributed by atoms with Crippen LogP contribution in [-0.2, 0) is 0 Å². The van der Waals surface area contributed by atoms with Crippen molar-refractivity contribution in [3.63, 3.8) is 0 Å². The summed E-state index contributed by atoms with van der Waals surface area (Å²) in [5, 5.41) is 9.62. The minimum atomic E-state index is 0.481. The van der Waals surface area contributed by atoms with Crippen LogP contribution >= 0.6 is 0 Å². The van der Waals surface area contributed by atoms with Crippen molar-refractivity contribution in [3.05, 3.63) is 18.3 Å². The number of aromatic amines is 1. The summed E-state index contributed by atoms with van der Waals surface area (Å²) in [7, 11) is 3.21. The first-order valence-corrected chi connectivity index (χ1v) is 5.64. The SMILES string of the molecule is COc1ccc2[nH]c3c(NN)nncc3c2c1OC. The Balaban J connectivity index is 2.48. The number of hydrogen-bond acceptors (Lipinski definition) is 6. The minimum absolute atomic E-state index is 0.481. The number of anilines is 1. The largest absolute Gasteiger partial charge is 0.493 e. The van der Waals surface area contributed by atoms with Crippen LogP contribution in [0.15, 0.2) is 18.3 Å². The molecule has 0 aliphatic heterocycles. The second-order valence-electron chi connectivity index (χ2n) is 3.97. The van der Waals surface area contributed by atoms with Crippen LogP contribution < -0.4 is 20.7 Å². The molecule has 1 aromatic carbocycles. The van der Waals surface area contributed by atoms with E-state index in [2.05, 4.69) is 20.6 Å². The van der Waals surface area contributed by atoms with E-state index in [-0.39, 0.29) is 0 Å². The van der Waals surface area contributed by atoms with Gasteiger partial charge < -0.3 is 19.9 Å². The number of nitrogens with two attached hydrogens (primary N) is 1. The molecule has 98 valence electrons. The van der Waals surface area contributed by atoms with Crippen molar-refractivity contribution in [2.45, 2.75) is 0 Å². The minimum Gasteiger partial charge on any atom is -0.493 e. The number of methoxy groups -OCH3 is 2. The molecule has 0 aliphatic rings. The maximum absolute atomic E-state index is 5.44. The molecule has 0 radical (unpaired) electrons. The third-order valence-electron chi connectivity index (χ3n) is 3.06. The van der Waals surface area contributed by atoms with E-state index in [0.717, 1.165) is 21.8 Å². The summed E-state index contributed by atoms with van der Waals surface area (Å²) in [6.07, 6.45) is 1.66. The average molecular weight is 259 g/mol. The second kappa shape index (κ2) is 4.29. The van der Waals surface area contributed by atoms with Crippen LogP contribution in [0.3, 0.4) is 0 Å². The molecular weight excluding hydrogens is 246 g/mol. The highest BCUT2D eigenvalue weighted by atomic mass is 16.5. The van der Waals surface area contributed by atoms with Gasteiger partial charge in [0.15, 0.2) is 17.3 Å². The number of hydrazine groups is 1. The number of fused-ring (bicyclic) bond motifs is 3. The third kappa shape index (κ3) is 1.55. The normalized spacial score (nSPS) is 10.9. The lowest BCUT2D eigenvalue weighted by atomic mass is 10.1. The van der Waals surface area contributed by atoms with Crippen LogP contribution in [-0.4, -0.2) is 29.4 Å². The number of nitrogens with zero attached hydrogens (tertiary/aromatic N) is 2. The molecule has 7 nitrogen and oxygen atoms in total. The fraction of sp³-hybridized carbons (Fsp3) is 0.167. The maximum Gasteiger partial charge on any atom is 0.187 e. The molecular formula is C12H13N5O2. The van der Waals surface area contributed by atoms with Crippen LogP contribution in [0, 0.1) is 0 Å². The van der Waals surface area contributed by atoms with E-state index in [1.54, 1.807) is 20.4 Å². The van der Waals surface area contributed by atoms with Crippen LogP contribution in [0.2, 0.25) is 0 Å². The van der Waals surface area contributed by atoms with Gasteiger partial charge in [0.1, 0.15) is 0 Å². The fourth-order valence-electron chi connectivity index (χ4n) is 2.24. The lowest BCUT2D eigenvalue weighted by molar-refractivity contribution is 0.359. The van der Waals surface area contributed by atoms with E-state index in [1.807, 2.05) is 12.1 Å². The van der Waals surface area contributed by atoms with Crippen molar-refractivity contribution in [1.82, 2.24) is 15.2 Å². The highest BCUT2D eigenvalue weighted by Gasteiger charge is 2.16. The third-order valence-corrected chi connectivity index (χ3v) is 3.06. The molecule has 0 atom stereocenters. The molecule has 0 saturated carbocycles. The van der Waals surface area contributed by atoms with Gasteiger partial charge in [0, 0.05) is 5.39 Å². The molecule has 0 unspecified atom stereocenters. The van der Waals surface area contributed by atoms with Crippen LogP contribution in [0.1, 0.15) is 0 Å². The van der Waals surface area contributed by atoms with E-state index < -0.39 is 0 Å². The molecule has 19 heavy (non-hydrogen) atoms. The highest BCUT2D eigenvalue weighted by Crippen LogP contribution is 2.40. The van der Waals surface area contributed by atoms with Crippen molar-refractivity contribution in [3.8, 4) is 11.5 Å². The Hall–Kier alpha value is -2.54. The van der Waals surface area contributed by atoms with Crippen LogP contribution in [0.25, 0.3) is 21.8 Å². The lowest BCUT2D eigenvalue weighted by Crippen LogP contribution is -2.09. The quantitative estimate of drug-likeness (QED) is 0.486. The zero-order chi connectivity index (χ0) is 13.4. The summed E-state index contributed by atoms with van der Waals surface area (Å²) in [6.45, 7) is 0. The predicted octanol–water partition coefficient (Wildman–Crippen LogP) is 1.41. The van der Waals surface area contributed by atoms with Gasteiger partial charge in [-0.25, -0.2) is 5.84 Å². The Labute approximate surface area is 108 Å². The van der Waals surface area contributed by atoms with Crippen molar-refractivity contribution >= 4 is 27.6 Å². The first-order chi connectivity index (χ1) is 9.30. The van der Waals surface area contributed by atoms with Gasteiger partial charge in [-0.15, -0.1) is 5.10 Å². The van der Waals surface area contributed by atoms with E-state index in [4.69, 9.17) is 15.3 Å². The molecule has 0 saturated heterocycles. The smallest absolute Gasteiger partial charge is 0.187 e. The first-order valence-electron chi connectivity index (χ1n) is 5.64. The molecule has 0 amide bonds. The van der Waals surface area contributed by atoms with Gasteiger partial charge in [0.05, 0.1) is 36.8 Å². The van der Waals surface area contributed by atoms with Crippen molar-refractivity contribution in [2.24, 2.45) is 5.84 Å². The number of ether oxygens (including phenoxy) is 2. The van der Waals surface area contributed by atoms with E-state index >= 15 is 0 Å². The van der Waals surface area contributed by atoms with Gasteiger partial charge in [-0.05, 0) is 12.1 Å². The zero-order valence-corrected chi connectivity index (χ0v) is 10.5. The van der Waals surface area contributed by atoms with E-state index in [0.29, 0.717) is 17.3 Å². The van der Waals surface area contributed by atoms with Gasteiger partial charge in [-0.1, -0.05) is 0 Å². The standard InChI is InChI=1S/C12H13N5O2/c1-18-8-4-3-7-9(11(8)19-2)6-5-14-17-12(16-13)10(6)15-7/h3-5,15H,13H2,1-2H3,(H,16,17). The summed E-state index contributed by atoms with van der Waals surface area (Å²) < 4.78 is 10.7. The Kier molecular flexibility index (Phi) is 2.60. The van der Waals surface area contributed by atoms with Crippen molar-refractivity contribution in [2.75, 3.05) is 19.6 Å². The molecule has 0 aliphatic carbocycles. The molecule has 0 bridgehead atoms. The Bertz CT molecular complexity index is 753. The van der Waals surface area contributed by atoms with Crippen molar-refractivity contribution in [1.29, 1.82) is 0 Å². The number of rotatable bonds is 3. The summed E-state index contributed by atoms with van der Waals surface area (Å²) in [5.74, 6) is 7.23. The van der Waals surface area contributed by atoms with E-state index in [9.17, 15) is 0 Å². The summed E-state index contributed by atoms with van der Waals surface area (Å²) >= 11 is 0. The lowest BCUT2D eigenvalue weighted by Gasteiger charge is -2.08. The molecule has 0 spiro atoms. The molecule has 7 heteroatoms. The van der Waals surface area contributed by atoms with E-state index in [1.165, 1.54) is 0 Å². The first kappa shape index (κ1) is 11.5. The predicted molar refractivity (Wildman–Crippen MR) is 72.3 cm³/mol. The molecule has 3 aromatic rings. The monoisotopic (exact) mass is 259 g/mol. The Morgan fingerprint density at radius 2 is 2.11 bits per heavy atom. The zero-order valence-electron chi connectivity index (χ0n) is 10.5. The number of benzene rings is 1. The van der Waals surface area contributed by atoms with Gasteiger partial charge >= 0.3 is 0 Å². The van der Waals surface area contributed by atoms with Gasteiger partial charge in [-0.2, -0.15) is 5.10 Å². The van der Waals surface area contributed by atoms with Gasteiger partial charge in [-0.3, -0.25) is 0 Å². The number of nitrogens with one attached hydrogen (secondary N) is 2. The summed E-state index contributed by atoms with van der Waals surface area (Å²) in [4.78, 5) is 3.24. The molecule has 4 N–H and O–H groups in total. The Morgan fingerprint density at radius 1 is 1.26 bits per heavy atom. The highest BCUT2D eigenvalue weighted by molar-refractivity contribution is 6.13. The van der Waals surface area contributed by atoms with Gasteiger partial charge in [0.2, 0.25) is 0 Å². The molecule has 3 rings (SSSR count). The summed E-state index contributed by atoms with van der Waals surface area (Å²) in [5.41, 5.74) is 4.20. The number of nitrogen functional groups attached to an aromatic ring is 1. The molecule has 2 heterocycles. The van der Waals surface area contributed by atoms with Gasteiger partial charge in [0.25, 0.3) is 0 Å². The molecule has 2 aromatic heterocycles. The number of H-pyrrole nitrogens is 1. The maximum atomic E-state index is 5.44. The number of hydrogen-bond donors (Lipinski definition) is 3. The summed E-state index contributed by atoms with van der Waals surface area (Å²) in [6, 6.07) is 3.75. The van der Waals surface area contributed by atoms with Crippen molar-refractivity contribution < 1.29 is 9.47 Å².